The van der Waals surface area contributed by atoms with Crippen LogP contribution in [0.3, 0.4) is 0 Å². The number of benzene rings is 1. The number of likely N-dealkylation sites (tertiary alicyclic amines) is 1. The van der Waals surface area contributed by atoms with E-state index in [1.54, 1.807) is 0 Å². The summed E-state index contributed by atoms with van der Waals surface area (Å²) in [4.78, 5) is 15.2. The number of piperidine rings is 1. The molecule has 2 heterocycles. The van der Waals surface area contributed by atoms with E-state index in [-0.39, 0.29) is 5.92 Å². The predicted octanol–water partition coefficient (Wildman–Crippen LogP) is 2.79. The molecular weight excluding hydrogens is 314 g/mol. The van der Waals surface area contributed by atoms with Crippen LogP contribution in [0.4, 0.5) is 0 Å². The normalized spacial score (nSPS) is 16.3. The van der Waals surface area contributed by atoms with Gasteiger partial charge >= 0.3 is 0 Å². The number of tetrazole rings is 1. The maximum absolute atomic E-state index is 12.8. The lowest BCUT2D eigenvalue weighted by atomic mass is 9.87. The number of aromatic nitrogens is 4. The fourth-order valence-electron chi connectivity index (χ4n) is 3.59. The minimum absolute atomic E-state index is 0.129. The number of nitrogens with zero attached hydrogens (tertiary/aromatic N) is 5. The van der Waals surface area contributed by atoms with Gasteiger partial charge < -0.3 is 0 Å². The highest BCUT2D eigenvalue weighted by molar-refractivity contribution is 5.99. The van der Waals surface area contributed by atoms with Crippen molar-refractivity contribution in [3.05, 3.63) is 40.7 Å². The van der Waals surface area contributed by atoms with Gasteiger partial charge in [0.05, 0.1) is 6.54 Å². The summed E-state index contributed by atoms with van der Waals surface area (Å²) >= 11 is 0. The van der Waals surface area contributed by atoms with Crippen molar-refractivity contribution in [2.24, 2.45) is 5.92 Å². The maximum Gasteiger partial charge on any atom is 0.166 e. The molecular formula is C19H27N5O. The van der Waals surface area contributed by atoms with Crippen molar-refractivity contribution >= 4 is 5.78 Å². The maximum atomic E-state index is 12.8. The molecule has 0 unspecified atom stereocenters. The molecule has 0 amide bonds. The number of carbonyl (C=O) groups excluding carboxylic acids is 1. The van der Waals surface area contributed by atoms with Crippen molar-refractivity contribution < 1.29 is 4.79 Å². The molecule has 1 aliphatic heterocycles. The molecule has 0 N–H and O–H groups in total. The van der Waals surface area contributed by atoms with Crippen molar-refractivity contribution in [2.45, 2.75) is 53.1 Å². The second-order valence-electron chi connectivity index (χ2n) is 7.05. The summed E-state index contributed by atoms with van der Waals surface area (Å²) in [6.07, 6.45) is 2.83. The van der Waals surface area contributed by atoms with Crippen LogP contribution < -0.4 is 0 Å². The molecule has 1 saturated heterocycles. The van der Waals surface area contributed by atoms with E-state index < -0.39 is 0 Å². The van der Waals surface area contributed by atoms with Crippen molar-refractivity contribution in [3.63, 3.8) is 0 Å². The van der Waals surface area contributed by atoms with E-state index >= 15 is 0 Å². The number of ketones is 1. The third-order valence-corrected chi connectivity index (χ3v) is 5.01. The predicted molar refractivity (Wildman–Crippen MR) is 96.4 cm³/mol. The first kappa shape index (κ1) is 17.7. The molecule has 25 heavy (non-hydrogen) atoms. The van der Waals surface area contributed by atoms with Gasteiger partial charge in [-0.05, 0) is 62.2 Å². The number of hydrogen-bond acceptors (Lipinski definition) is 5. The van der Waals surface area contributed by atoms with E-state index in [4.69, 9.17) is 0 Å². The first-order chi connectivity index (χ1) is 12.1. The standard InChI is InChI=1S/C19H27N5O/c1-4-9-24-18(20-21-22-24)13-23-10-7-16(8-11-23)19(25)17-6-5-14(2)12-15(17)3/h5-6,12,16H,4,7-11,13H2,1-3H3. The Labute approximate surface area is 149 Å². The van der Waals surface area contributed by atoms with Gasteiger partial charge in [0.2, 0.25) is 0 Å². The lowest BCUT2D eigenvalue weighted by molar-refractivity contribution is 0.0830. The first-order valence-electron chi connectivity index (χ1n) is 9.17. The van der Waals surface area contributed by atoms with Gasteiger partial charge in [0, 0.05) is 18.0 Å². The summed E-state index contributed by atoms with van der Waals surface area (Å²) < 4.78 is 1.88. The Morgan fingerprint density at radius 3 is 2.68 bits per heavy atom. The third-order valence-electron chi connectivity index (χ3n) is 5.01. The smallest absolute Gasteiger partial charge is 0.166 e. The Hall–Kier alpha value is -2.08. The summed E-state index contributed by atoms with van der Waals surface area (Å²) in [7, 11) is 0. The topological polar surface area (TPSA) is 63.9 Å². The molecule has 1 aliphatic rings. The molecule has 3 rings (SSSR count). The largest absolute Gasteiger partial charge is 0.296 e. The summed E-state index contributed by atoms with van der Waals surface area (Å²) in [6.45, 7) is 9.66. The monoisotopic (exact) mass is 341 g/mol. The Balaban J connectivity index is 1.58. The van der Waals surface area contributed by atoms with E-state index in [9.17, 15) is 4.79 Å². The summed E-state index contributed by atoms with van der Waals surface area (Å²) in [5.74, 6) is 1.35. The molecule has 134 valence electrons. The van der Waals surface area contributed by atoms with E-state index in [0.29, 0.717) is 5.78 Å². The fraction of sp³-hybridized carbons (Fsp3) is 0.579. The SMILES string of the molecule is CCCn1nnnc1CN1CCC(C(=O)c2ccc(C)cc2C)CC1. The number of aryl methyl sites for hydroxylation is 3. The van der Waals surface area contributed by atoms with Crippen LogP contribution in [-0.4, -0.2) is 44.0 Å². The second-order valence-corrected chi connectivity index (χ2v) is 7.05. The summed E-state index contributed by atoms with van der Waals surface area (Å²) in [5.41, 5.74) is 3.18. The van der Waals surface area contributed by atoms with Crippen molar-refractivity contribution in [1.29, 1.82) is 0 Å². The number of Topliss-reactive ketones (excluding diaryl/α,β-unsaturated/α-hetero) is 1. The lowest BCUT2D eigenvalue weighted by Crippen LogP contribution is -2.36. The lowest BCUT2D eigenvalue weighted by Gasteiger charge is -2.31. The van der Waals surface area contributed by atoms with Gasteiger partial charge in [-0.3, -0.25) is 9.69 Å². The quantitative estimate of drug-likeness (QED) is 0.756. The molecule has 0 atom stereocenters. The zero-order valence-electron chi connectivity index (χ0n) is 15.4. The molecule has 0 saturated carbocycles. The van der Waals surface area contributed by atoms with Gasteiger partial charge in [0.25, 0.3) is 0 Å². The van der Waals surface area contributed by atoms with Gasteiger partial charge in [0.15, 0.2) is 11.6 Å². The van der Waals surface area contributed by atoms with E-state index in [0.717, 1.165) is 62.4 Å². The van der Waals surface area contributed by atoms with Gasteiger partial charge in [-0.1, -0.05) is 30.7 Å². The van der Waals surface area contributed by atoms with Crippen molar-refractivity contribution in [1.82, 2.24) is 25.1 Å². The van der Waals surface area contributed by atoms with Crippen molar-refractivity contribution in [2.75, 3.05) is 13.1 Å². The van der Waals surface area contributed by atoms with E-state index in [1.165, 1.54) is 5.56 Å². The van der Waals surface area contributed by atoms with Crippen LogP contribution in [-0.2, 0) is 13.1 Å². The highest BCUT2D eigenvalue weighted by Gasteiger charge is 2.27. The molecule has 1 aromatic heterocycles. The van der Waals surface area contributed by atoms with Crippen LogP contribution in [0.2, 0.25) is 0 Å². The van der Waals surface area contributed by atoms with E-state index in [2.05, 4.69) is 40.3 Å². The van der Waals surface area contributed by atoms with Gasteiger partial charge in [-0.2, -0.15) is 0 Å². The average Bonchev–Trinajstić information content (AvgIpc) is 3.02. The zero-order valence-corrected chi connectivity index (χ0v) is 15.4. The summed E-state index contributed by atoms with van der Waals surface area (Å²) in [5, 5.41) is 12.0. The number of carbonyl (C=O) groups is 1. The second kappa shape index (κ2) is 7.87. The Bertz CT molecular complexity index is 731. The molecule has 6 nitrogen and oxygen atoms in total. The molecule has 6 heteroatoms. The van der Waals surface area contributed by atoms with Crippen LogP contribution >= 0.6 is 0 Å². The highest BCUT2D eigenvalue weighted by atomic mass is 16.1. The van der Waals surface area contributed by atoms with Gasteiger partial charge in [-0.15, -0.1) is 5.10 Å². The minimum Gasteiger partial charge on any atom is -0.296 e. The first-order valence-corrected chi connectivity index (χ1v) is 9.17. The van der Waals surface area contributed by atoms with Crippen LogP contribution in [0.15, 0.2) is 18.2 Å². The molecule has 1 fully saturated rings. The number of hydrogen-bond donors (Lipinski definition) is 0. The molecule has 0 bridgehead atoms. The van der Waals surface area contributed by atoms with E-state index in [1.807, 2.05) is 23.7 Å². The molecule has 0 aliphatic carbocycles. The molecule has 2 aromatic rings. The Morgan fingerprint density at radius 1 is 1.24 bits per heavy atom. The highest BCUT2D eigenvalue weighted by Crippen LogP contribution is 2.24. The summed E-state index contributed by atoms with van der Waals surface area (Å²) in [6, 6.07) is 6.11. The van der Waals surface area contributed by atoms with Crippen LogP contribution in [0, 0.1) is 19.8 Å². The molecule has 1 aromatic carbocycles. The molecule has 0 spiro atoms. The minimum atomic E-state index is 0.129. The average molecular weight is 341 g/mol. The van der Waals surface area contributed by atoms with Crippen LogP contribution in [0.25, 0.3) is 0 Å². The number of rotatable bonds is 6. The third kappa shape index (κ3) is 4.12. The van der Waals surface area contributed by atoms with Crippen LogP contribution in [0.5, 0.6) is 0 Å². The van der Waals surface area contributed by atoms with Gasteiger partial charge in [0.1, 0.15) is 0 Å². The Kier molecular flexibility index (Phi) is 5.58. The van der Waals surface area contributed by atoms with Crippen molar-refractivity contribution in [3.8, 4) is 0 Å². The fourth-order valence-corrected chi connectivity index (χ4v) is 3.59. The Morgan fingerprint density at radius 2 is 2.00 bits per heavy atom. The van der Waals surface area contributed by atoms with Gasteiger partial charge in [-0.25, -0.2) is 4.68 Å². The zero-order chi connectivity index (χ0) is 17.8. The van der Waals surface area contributed by atoms with Crippen LogP contribution in [0.1, 0.15) is 53.5 Å². The molecule has 0 radical (unpaired) electrons.